The lowest BCUT2D eigenvalue weighted by molar-refractivity contribution is 0.0685. The Labute approximate surface area is 142 Å². The van der Waals surface area contributed by atoms with E-state index in [0.717, 1.165) is 37.9 Å². The highest BCUT2D eigenvalue weighted by atomic mass is 19.1. The molecule has 2 N–H and O–H groups in total. The predicted molar refractivity (Wildman–Crippen MR) is 90.3 cm³/mol. The van der Waals surface area contributed by atoms with Crippen LogP contribution < -0.4 is 10.6 Å². The Bertz CT molecular complexity index is 569. The molecular weight excluding hydrogens is 309 g/mol. The van der Waals surface area contributed by atoms with Crippen LogP contribution in [0.2, 0.25) is 0 Å². The third-order valence-corrected chi connectivity index (χ3v) is 4.88. The number of piperidine rings is 1. The number of ether oxygens (including phenoxy) is 1. The second-order valence-corrected chi connectivity index (χ2v) is 6.73. The predicted octanol–water partition coefficient (Wildman–Crippen LogP) is 2.44. The van der Waals surface area contributed by atoms with Gasteiger partial charge in [0.15, 0.2) is 0 Å². The van der Waals surface area contributed by atoms with Crippen molar-refractivity contribution in [3.8, 4) is 0 Å². The van der Waals surface area contributed by atoms with Gasteiger partial charge in [-0.1, -0.05) is 12.1 Å². The van der Waals surface area contributed by atoms with Crippen LogP contribution in [0.1, 0.15) is 37.8 Å². The Morgan fingerprint density at radius 3 is 3.08 bits per heavy atom. The zero-order valence-electron chi connectivity index (χ0n) is 14.1. The fourth-order valence-electron chi connectivity index (χ4n) is 3.50. The number of benzene rings is 1. The number of carbonyl (C=O) groups is 1. The molecule has 3 rings (SSSR count). The number of nitrogens with one attached hydrogen (secondary N) is 2. The van der Waals surface area contributed by atoms with Gasteiger partial charge in [0.2, 0.25) is 0 Å². The fourth-order valence-corrected chi connectivity index (χ4v) is 3.50. The third-order valence-electron chi connectivity index (χ3n) is 4.88. The Hall–Kier alpha value is -1.66. The largest absolute Gasteiger partial charge is 0.448 e. The third kappa shape index (κ3) is 4.24. The minimum atomic E-state index is -0.237. The van der Waals surface area contributed by atoms with E-state index in [1.165, 1.54) is 6.07 Å². The molecule has 1 aromatic rings. The van der Waals surface area contributed by atoms with E-state index in [1.807, 2.05) is 13.0 Å². The van der Waals surface area contributed by atoms with Crippen LogP contribution in [-0.4, -0.2) is 49.3 Å². The van der Waals surface area contributed by atoms with Gasteiger partial charge in [-0.3, -0.25) is 0 Å². The van der Waals surface area contributed by atoms with Gasteiger partial charge < -0.3 is 20.3 Å². The van der Waals surface area contributed by atoms with E-state index in [4.69, 9.17) is 4.74 Å². The molecule has 2 fully saturated rings. The number of hydrogen-bond donors (Lipinski definition) is 2. The van der Waals surface area contributed by atoms with Crippen molar-refractivity contribution < 1.29 is 13.9 Å². The number of carbonyl (C=O) groups excluding carboxylic acids is 1. The lowest BCUT2D eigenvalue weighted by Gasteiger charge is -2.35. The maximum atomic E-state index is 13.4. The van der Waals surface area contributed by atoms with Crippen molar-refractivity contribution in [2.75, 3.05) is 26.2 Å². The SMILES string of the molecule is CC1CNCCN1C(=O)OCC1CCCC(c2cccc(F)c2)N1. The summed E-state index contributed by atoms with van der Waals surface area (Å²) in [5.41, 5.74) is 0.960. The fraction of sp³-hybridized carbons (Fsp3) is 0.611. The topological polar surface area (TPSA) is 53.6 Å². The van der Waals surface area contributed by atoms with Crippen LogP contribution in [0.3, 0.4) is 0 Å². The molecule has 0 radical (unpaired) electrons. The van der Waals surface area contributed by atoms with Crippen molar-refractivity contribution in [1.29, 1.82) is 0 Å². The summed E-state index contributed by atoms with van der Waals surface area (Å²) < 4.78 is 18.9. The van der Waals surface area contributed by atoms with E-state index < -0.39 is 0 Å². The van der Waals surface area contributed by atoms with Gasteiger partial charge in [-0.15, -0.1) is 0 Å². The zero-order chi connectivity index (χ0) is 16.9. The summed E-state index contributed by atoms with van der Waals surface area (Å²) in [6.45, 7) is 4.68. The van der Waals surface area contributed by atoms with Gasteiger partial charge in [0.25, 0.3) is 0 Å². The number of halogens is 1. The number of nitrogens with zero attached hydrogens (tertiary/aromatic N) is 1. The molecule has 0 aliphatic carbocycles. The van der Waals surface area contributed by atoms with Crippen LogP contribution in [0.4, 0.5) is 9.18 Å². The van der Waals surface area contributed by atoms with Crippen molar-refractivity contribution in [1.82, 2.24) is 15.5 Å². The average Bonchev–Trinajstić information content (AvgIpc) is 2.60. The van der Waals surface area contributed by atoms with Crippen molar-refractivity contribution in [2.24, 2.45) is 0 Å². The summed E-state index contributed by atoms with van der Waals surface area (Å²) in [4.78, 5) is 14.0. The molecule has 2 aliphatic rings. The van der Waals surface area contributed by atoms with Crippen LogP contribution in [-0.2, 0) is 4.74 Å². The number of hydrogen-bond acceptors (Lipinski definition) is 4. The summed E-state index contributed by atoms with van der Waals surface area (Å²) >= 11 is 0. The molecule has 2 heterocycles. The van der Waals surface area contributed by atoms with E-state index in [1.54, 1.807) is 17.0 Å². The highest BCUT2D eigenvalue weighted by Crippen LogP contribution is 2.26. The van der Waals surface area contributed by atoms with Crippen LogP contribution in [0.25, 0.3) is 0 Å². The first-order chi connectivity index (χ1) is 11.6. The second-order valence-electron chi connectivity index (χ2n) is 6.73. The molecule has 6 heteroatoms. The number of piperazine rings is 1. The van der Waals surface area contributed by atoms with E-state index in [9.17, 15) is 9.18 Å². The highest BCUT2D eigenvalue weighted by molar-refractivity contribution is 5.68. The van der Waals surface area contributed by atoms with Gasteiger partial charge in [0.05, 0.1) is 0 Å². The van der Waals surface area contributed by atoms with E-state index in [2.05, 4.69) is 10.6 Å². The molecule has 0 bridgehead atoms. The normalized spacial score (nSPS) is 27.8. The molecule has 0 spiro atoms. The lowest BCUT2D eigenvalue weighted by Crippen LogP contribution is -2.53. The quantitative estimate of drug-likeness (QED) is 0.891. The molecular formula is C18H26FN3O2. The van der Waals surface area contributed by atoms with E-state index in [-0.39, 0.29) is 30.0 Å². The maximum Gasteiger partial charge on any atom is 0.410 e. The zero-order valence-corrected chi connectivity index (χ0v) is 14.1. The molecule has 0 saturated carbocycles. The van der Waals surface area contributed by atoms with Crippen LogP contribution in [0, 0.1) is 5.82 Å². The summed E-state index contributed by atoms with van der Waals surface area (Å²) in [5.74, 6) is -0.212. The molecule has 5 nitrogen and oxygen atoms in total. The summed E-state index contributed by atoms with van der Waals surface area (Å²) in [6.07, 6.45) is 2.75. The van der Waals surface area contributed by atoms with Crippen molar-refractivity contribution >= 4 is 6.09 Å². The standard InChI is InChI=1S/C18H26FN3O2/c1-13-11-20-8-9-22(13)18(23)24-12-16-6-3-7-17(21-16)14-4-2-5-15(19)10-14/h2,4-5,10,13,16-17,20-21H,3,6-9,11-12H2,1H3. The van der Waals surface area contributed by atoms with Gasteiger partial charge in [-0.2, -0.15) is 0 Å². The van der Waals surface area contributed by atoms with Crippen molar-refractivity contribution in [2.45, 2.75) is 44.3 Å². The molecule has 1 amide bonds. The second kappa shape index (κ2) is 7.94. The Morgan fingerprint density at radius 1 is 1.42 bits per heavy atom. The Morgan fingerprint density at radius 2 is 2.29 bits per heavy atom. The van der Waals surface area contributed by atoms with Gasteiger partial charge in [0, 0.05) is 37.8 Å². The smallest absolute Gasteiger partial charge is 0.410 e. The van der Waals surface area contributed by atoms with Gasteiger partial charge in [-0.25, -0.2) is 9.18 Å². The Balaban J connectivity index is 1.51. The molecule has 1 aromatic carbocycles. The molecule has 132 valence electrons. The van der Waals surface area contributed by atoms with Crippen LogP contribution in [0.5, 0.6) is 0 Å². The molecule has 2 aliphatic heterocycles. The lowest BCUT2D eigenvalue weighted by atomic mass is 9.94. The van der Waals surface area contributed by atoms with E-state index in [0.29, 0.717) is 13.2 Å². The average molecular weight is 335 g/mol. The van der Waals surface area contributed by atoms with Crippen LogP contribution in [0.15, 0.2) is 24.3 Å². The number of rotatable bonds is 3. The monoisotopic (exact) mass is 335 g/mol. The minimum absolute atomic E-state index is 0.120. The molecule has 3 unspecified atom stereocenters. The first-order valence-corrected chi connectivity index (χ1v) is 8.79. The molecule has 3 atom stereocenters. The van der Waals surface area contributed by atoms with Gasteiger partial charge in [0.1, 0.15) is 12.4 Å². The summed E-state index contributed by atoms with van der Waals surface area (Å²) in [7, 11) is 0. The van der Waals surface area contributed by atoms with Crippen LogP contribution >= 0.6 is 0 Å². The summed E-state index contributed by atoms with van der Waals surface area (Å²) in [6, 6.07) is 7.12. The van der Waals surface area contributed by atoms with Crippen molar-refractivity contribution in [3.05, 3.63) is 35.6 Å². The van der Waals surface area contributed by atoms with Gasteiger partial charge in [-0.05, 0) is 43.9 Å². The molecule has 0 aromatic heterocycles. The van der Waals surface area contributed by atoms with E-state index >= 15 is 0 Å². The molecule has 2 saturated heterocycles. The minimum Gasteiger partial charge on any atom is -0.448 e. The molecule has 24 heavy (non-hydrogen) atoms. The first-order valence-electron chi connectivity index (χ1n) is 8.79. The Kier molecular flexibility index (Phi) is 5.68. The van der Waals surface area contributed by atoms with Gasteiger partial charge >= 0.3 is 6.09 Å². The summed E-state index contributed by atoms with van der Waals surface area (Å²) in [5, 5.41) is 6.75. The van der Waals surface area contributed by atoms with Crippen molar-refractivity contribution in [3.63, 3.8) is 0 Å². The first kappa shape index (κ1) is 17.2. The number of amides is 1. The maximum absolute atomic E-state index is 13.4. The highest BCUT2D eigenvalue weighted by Gasteiger charge is 2.27.